The molecule has 5 heteroatoms. The van der Waals surface area contributed by atoms with Gasteiger partial charge in [-0.1, -0.05) is 49.4 Å². The van der Waals surface area contributed by atoms with Crippen LogP contribution in [0.4, 0.5) is 5.69 Å². The summed E-state index contributed by atoms with van der Waals surface area (Å²) in [4.78, 5) is 19.9. The second-order valence-electron chi connectivity index (χ2n) is 8.20. The fourth-order valence-corrected chi connectivity index (χ4v) is 4.09. The van der Waals surface area contributed by atoms with E-state index in [4.69, 9.17) is 0 Å². The molecule has 1 saturated heterocycles. The summed E-state index contributed by atoms with van der Waals surface area (Å²) in [5, 5.41) is 3.16. The number of likely N-dealkylation sites (N-methyl/N-ethyl adjacent to an activating group) is 1. The largest absolute Gasteiger partial charge is 0.369 e. The van der Waals surface area contributed by atoms with E-state index in [2.05, 4.69) is 58.1 Å². The van der Waals surface area contributed by atoms with E-state index in [0.717, 1.165) is 57.8 Å². The van der Waals surface area contributed by atoms with Crippen LogP contribution in [0, 0.1) is 6.92 Å². The molecule has 0 spiro atoms. The molecule has 2 aromatic carbocycles. The summed E-state index contributed by atoms with van der Waals surface area (Å²) in [6.45, 7) is 11.1. The van der Waals surface area contributed by atoms with Gasteiger partial charge in [0, 0.05) is 38.4 Å². The maximum Gasteiger partial charge on any atom is 0.241 e. The number of hydrogen-bond acceptors (Lipinski definition) is 4. The highest BCUT2D eigenvalue weighted by Gasteiger charge is 2.24. The number of anilines is 1. The molecule has 30 heavy (non-hydrogen) atoms. The van der Waals surface area contributed by atoms with Crippen LogP contribution in [-0.2, 0) is 4.79 Å². The molecule has 1 aliphatic rings. The molecule has 1 atom stereocenters. The molecule has 0 saturated carbocycles. The zero-order valence-corrected chi connectivity index (χ0v) is 18.7. The van der Waals surface area contributed by atoms with Crippen molar-refractivity contribution in [2.45, 2.75) is 26.3 Å². The van der Waals surface area contributed by atoms with Crippen molar-refractivity contribution in [3.05, 3.63) is 65.7 Å². The Hall–Kier alpha value is -2.37. The first kappa shape index (κ1) is 22.3. The molecular formula is C25H36N4O. The van der Waals surface area contributed by atoms with Gasteiger partial charge in [0.05, 0.1) is 0 Å². The molecule has 0 radical (unpaired) electrons. The Morgan fingerprint density at radius 1 is 1.07 bits per heavy atom. The van der Waals surface area contributed by atoms with E-state index < -0.39 is 0 Å². The highest BCUT2D eigenvalue weighted by molar-refractivity contribution is 5.83. The zero-order valence-electron chi connectivity index (χ0n) is 18.7. The number of piperazine rings is 1. The fourth-order valence-electron chi connectivity index (χ4n) is 4.09. The fraction of sp³-hybridized carbons (Fsp3) is 0.480. The smallest absolute Gasteiger partial charge is 0.241 e. The van der Waals surface area contributed by atoms with Crippen LogP contribution in [0.5, 0.6) is 0 Å². The first-order valence-corrected chi connectivity index (χ1v) is 11.2. The minimum atomic E-state index is -0.228. The molecule has 162 valence electrons. The zero-order chi connectivity index (χ0) is 21.3. The number of amides is 1. The van der Waals surface area contributed by atoms with Gasteiger partial charge in [-0.05, 0) is 56.7 Å². The van der Waals surface area contributed by atoms with Crippen molar-refractivity contribution in [2.75, 3.05) is 57.8 Å². The molecule has 1 aliphatic heterocycles. The maximum atomic E-state index is 12.8. The summed E-state index contributed by atoms with van der Waals surface area (Å²) >= 11 is 0. The minimum absolute atomic E-state index is 0.0924. The Balaban J connectivity index is 1.41. The normalized spacial score (nSPS) is 15.9. The number of nitrogens with zero attached hydrogens (tertiary/aromatic N) is 3. The van der Waals surface area contributed by atoms with Gasteiger partial charge in [0.1, 0.15) is 6.04 Å². The third-order valence-electron chi connectivity index (χ3n) is 5.99. The second-order valence-corrected chi connectivity index (χ2v) is 8.20. The van der Waals surface area contributed by atoms with Crippen molar-refractivity contribution in [1.82, 2.24) is 15.1 Å². The van der Waals surface area contributed by atoms with Crippen LogP contribution >= 0.6 is 0 Å². The molecular weight excluding hydrogens is 372 g/mol. The summed E-state index contributed by atoms with van der Waals surface area (Å²) in [6, 6.07) is 18.6. The Morgan fingerprint density at radius 3 is 2.47 bits per heavy atom. The number of rotatable bonds is 9. The van der Waals surface area contributed by atoms with Crippen molar-refractivity contribution >= 4 is 11.6 Å². The Bertz CT molecular complexity index is 787. The third kappa shape index (κ3) is 6.07. The van der Waals surface area contributed by atoms with Crippen LogP contribution in [0.3, 0.4) is 0 Å². The first-order chi connectivity index (χ1) is 14.6. The Labute approximate surface area is 181 Å². The van der Waals surface area contributed by atoms with Gasteiger partial charge in [-0.3, -0.25) is 14.6 Å². The van der Waals surface area contributed by atoms with Gasteiger partial charge in [-0.2, -0.15) is 0 Å². The van der Waals surface area contributed by atoms with E-state index in [1.807, 2.05) is 37.4 Å². The van der Waals surface area contributed by atoms with E-state index in [1.54, 1.807) is 0 Å². The monoisotopic (exact) mass is 408 g/mol. The van der Waals surface area contributed by atoms with Gasteiger partial charge in [0.15, 0.2) is 0 Å². The molecule has 3 rings (SSSR count). The van der Waals surface area contributed by atoms with Crippen molar-refractivity contribution in [1.29, 1.82) is 0 Å². The average Bonchev–Trinajstić information content (AvgIpc) is 2.78. The van der Waals surface area contributed by atoms with Crippen LogP contribution < -0.4 is 10.2 Å². The van der Waals surface area contributed by atoms with Gasteiger partial charge in [-0.15, -0.1) is 0 Å². The SMILES string of the molecule is CCN(C)C(C(=O)NCCCN1CCN(c2cccc(C)c2)CC1)c1ccccc1. The van der Waals surface area contributed by atoms with Gasteiger partial charge >= 0.3 is 0 Å². The molecule has 0 bridgehead atoms. The van der Waals surface area contributed by atoms with Crippen LogP contribution in [0.15, 0.2) is 54.6 Å². The molecule has 0 aromatic heterocycles. The van der Waals surface area contributed by atoms with Gasteiger partial charge in [-0.25, -0.2) is 0 Å². The predicted octanol–water partition coefficient (Wildman–Crippen LogP) is 3.32. The van der Waals surface area contributed by atoms with Crippen LogP contribution in [-0.4, -0.2) is 68.6 Å². The number of hydrogen-bond donors (Lipinski definition) is 1. The topological polar surface area (TPSA) is 38.8 Å². The van der Waals surface area contributed by atoms with Gasteiger partial charge in [0.25, 0.3) is 0 Å². The molecule has 1 N–H and O–H groups in total. The van der Waals surface area contributed by atoms with Crippen LogP contribution in [0.2, 0.25) is 0 Å². The lowest BCUT2D eigenvalue weighted by molar-refractivity contribution is -0.126. The third-order valence-corrected chi connectivity index (χ3v) is 5.99. The highest BCUT2D eigenvalue weighted by atomic mass is 16.2. The highest BCUT2D eigenvalue weighted by Crippen LogP contribution is 2.20. The quantitative estimate of drug-likeness (QED) is 0.646. The lowest BCUT2D eigenvalue weighted by Gasteiger charge is -2.36. The summed E-state index contributed by atoms with van der Waals surface area (Å²) < 4.78 is 0. The molecule has 1 heterocycles. The molecule has 5 nitrogen and oxygen atoms in total. The van der Waals surface area contributed by atoms with Crippen LogP contribution in [0.1, 0.15) is 30.5 Å². The second kappa shape index (κ2) is 11.1. The number of carbonyl (C=O) groups excluding carboxylic acids is 1. The minimum Gasteiger partial charge on any atom is -0.369 e. The molecule has 1 fully saturated rings. The van der Waals surface area contributed by atoms with Crippen molar-refractivity contribution in [2.24, 2.45) is 0 Å². The van der Waals surface area contributed by atoms with Crippen molar-refractivity contribution in [3.8, 4) is 0 Å². The van der Waals surface area contributed by atoms with Crippen molar-refractivity contribution < 1.29 is 4.79 Å². The van der Waals surface area contributed by atoms with E-state index in [9.17, 15) is 4.79 Å². The van der Waals surface area contributed by atoms with E-state index in [-0.39, 0.29) is 11.9 Å². The Kier molecular flexibility index (Phi) is 8.29. The Morgan fingerprint density at radius 2 is 1.80 bits per heavy atom. The van der Waals surface area contributed by atoms with Gasteiger partial charge in [0.2, 0.25) is 5.91 Å². The maximum absolute atomic E-state index is 12.8. The predicted molar refractivity (Wildman–Crippen MR) is 125 cm³/mol. The number of nitrogens with one attached hydrogen (secondary N) is 1. The van der Waals surface area contributed by atoms with E-state index in [1.165, 1.54) is 11.3 Å². The first-order valence-electron chi connectivity index (χ1n) is 11.2. The van der Waals surface area contributed by atoms with Crippen molar-refractivity contribution in [3.63, 3.8) is 0 Å². The van der Waals surface area contributed by atoms with E-state index >= 15 is 0 Å². The molecule has 2 aromatic rings. The van der Waals surface area contributed by atoms with E-state index in [0.29, 0.717) is 0 Å². The lowest BCUT2D eigenvalue weighted by atomic mass is 10.0. The summed E-state index contributed by atoms with van der Waals surface area (Å²) in [7, 11) is 2.00. The number of benzene rings is 2. The molecule has 1 amide bonds. The summed E-state index contributed by atoms with van der Waals surface area (Å²) in [5.41, 5.74) is 3.69. The van der Waals surface area contributed by atoms with Crippen LogP contribution in [0.25, 0.3) is 0 Å². The lowest BCUT2D eigenvalue weighted by Crippen LogP contribution is -2.47. The average molecular weight is 409 g/mol. The summed E-state index contributed by atoms with van der Waals surface area (Å²) in [5.74, 6) is 0.0924. The molecule has 1 unspecified atom stereocenters. The number of carbonyl (C=O) groups is 1. The standard InChI is InChI=1S/C25H36N4O/c1-4-27(3)24(22-11-6-5-7-12-22)25(30)26-14-9-15-28-16-18-29(19-17-28)23-13-8-10-21(2)20-23/h5-8,10-13,20,24H,4,9,14-19H2,1-3H3,(H,26,30). The van der Waals surface area contributed by atoms with Gasteiger partial charge < -0.3 is 10.2 Å². The molecule has 0 aliphatic carbocycles. The summed E-state index contributed by atoms with van der Waals surface area (Å²) in [6.07, 6.45) is 0.980. The number of aryl methyl sites for hydroxylation is 1.